The fraction of sp³-hybridized carbons (Fsp3) is 0.500. The van der Waals surface area contributed by atoms with Crippen molar-refractivity contribution in [1.29, 1.82) is 0 Å². The topological polar surface area (TPSA) is 131 Å². The van der Waals surface area contributed by atoms with Gasteiger partial charge in [-0.2, -0.15) is 0 Å². The van der Waals surface area contributed by atoms with Crippen molar-refractivity contribution >= 4 is 56.1 Å². The Labute approximate surface area is 222 Å². The van der Waals surface area contributed by atoms with Gasteiger partial charge in [0.2, 0.25) is 11.9 Å². The first kappa shape index (κ1) is 24.5. The largest absolute Gasteiger partial charge is 0.378 e. The molecule has 3 saturated heterocycles. The normalized spacial score (nSPS) is 21.2. The molecular formula is C24H28N8O3S2. The smallest absolute Gasteiger partial charge is 0.236 e. The number of amides is 1. The number of ether oxygens (including phenoxy) is 1. The van der Waals surface area contributed by atoms with Crippen LogP contribution in [0, 0.1) is 0 Å². The van der Waals surface area contributed by atoms with E-state index in [4.69, 9.17) is 20.4 Å². The van der Waals surface area contributed by atoms with Crippen LogP contribution in [-0.2, 0) is 20.9 Å². The van der Waals surface area contributed by atoms with Crippen molar-refractivity contribution in [2.24, 2.45) is 0 Å². The zero-order valence-corrected chi connectivity index (χ0v) is 22.0. The van der Waals surface area contributed by atoms with Crippen molar-refractivity contribution in [3.8, 4) is 11.4 Å². The Bertz CT molecular complexity index is 1300. The van der Waals surface area contributed by atoms with Gasteiger partial charge in [-0.15, -0.1) is 11.3 Å². The number of anilines is 2. The van der Waals surface area contributed by atoms with Gasteiger partial charge >= 0.3 is 0 Å². The number of hydrogen-bond acceptors (Lipinski definition) is 12. The number of morpholine rings is 1. The Balaban J connectivity index is 1.20. The zero-order chi connectivity index (χ0) is 25.4. The Kier molecular flexibility index (Phi) is 6.93. The molecule has 1 unspecified atom stereocenters. The van der Waals surface area contributed by atoms with Crippen LogP contribution < -0.4 is 10.6 Å². The van der Waals surface area contributed by atoms with E-state index in [1.807, 2.05) is 4.90 Å². The second kappa shape index (κ2) is 10.5. The summed E-state index contributed by atoms with van der Waals surface area (Å²) in [6.07, 6.45) is 4.48. The van der Waals surface area contributed by atoms with Gasteiger partial charge in [0, 0.05) is 69.5 Å². The minimum atomic E-state index is -0.195. The van der Waals surface area contributed by atoms with Crippen LogP contribution in [0.1, 0.15) is 17.7 Å². The minimum Gasteiger partial charge on any atom is -0.378 e. The first-order chi connectivity index (χ1) is 18.0. The molecule has 0 aromatic carbocycles. The van der Waals surface area contributed by atoms with E-state index in [-0.39, 0.29) is 22.2 Å². The highest BCUT2D eigenvalue weighted by Gasteiger charge is 2.33. The number of rotatable bonds is 5. The molecule has 3 aliphatic heterocycles. The maximum atomic E-state index is 12.8. The summed E-state index contributed by atoms with van der Waals surface area (Å²) in [6, 6.07) is 2.14. The molecule has 0 saturated carbocycles. The molecule has 3 aromatic rings. The molecule has 13 heteroatoms. The number of carbonyl (C=O) groups excluding carboxylic acids is 2. The second-order valence-corrected chi connectivity index (χ2v) is 11.7. The molecule has 6 rings (SSSR count). The van der Waals surface area contributed by atoms with E-state index < -0.39 is 0 Å². The maximum absolute atomic E-state index is 12.8. The van der Waals surface area contributed by atoms with Crippen LogP contribution in [-0.4, -0.2) is 98.5 Å². The van der Waals surface area contributed by atoms with Gasteiger partial charge in [-0.3, -0.25) is 14.5 Å². The highest BCUT2D eigenvalue weighted by atomic mass is 32.2. The van der Waals surface area contributed by atoms with E-state index in [9.17, 15) is 9.59 Å². The lowest BCUT2D eigenvalue weighted by atomic mass is 10.2. The third kappa shape index (κ3) is 5.26. The molecular weight excluding hydrogens is 512 g/mol. The number of carbonyl (C=O) groups is 2. The van der Waals surface area contributed by atoms with E-state index in [1.165, 1.54) is 16.6 Å². The van der Waals surface area contributed by atoms with Crippen molar-refractivity contribution in [3.63, 3.8) is 0 Å². The maximum Gasteiger partial charge on any atom is 0.236 e. The summed E-state index contributed by atoms with van der Waals surface area (Å²) >= 11 is 2.93. The Morgan fingerprint density at radius 1 is 1.08 bits per heavy atom. The summed E-state index contributed by atoms with van der Waals surface area (Å²) in [4.78, 5) is 50.1. The lowest BCUT2D eigenvalue weighted by Crippen LogP contribution is -2.50. The first-order valence-corrected chi connectivity index (χ1v) is 14.1. The average Bonchev–Trinajstić information content (AvgIpc) is 3.54. The van der Waals surface area contributed by atoms with Crippen LogP contribution in [0.3, 0.4) is 0 Å². The van der Waals surface area contributed by atoms with Gasteiger partial charge in [-0.25, -0.2) is 19.9 Å². The van der Waals surface area contributed by atoms with E-state index in [0.29, 0.717) is 45.0 Å². The molecule has 3 aliphatic rings. The number of nitrogens with two attached hydrogens (primary N) is 1. The fourth-order valence-electron chi connectivity index (χ4n) is 4.86. The zero-order valence-electron chi connectivity index (χ0n) is 20.3. The van der Waals surface area contributed by atoms with Crippen LogP contribution in [0.25, 0.3) is 21.6 Å². The number of thioether (sulfide) groups is 1. The Hall–Kier alpha value is -2.87. The van der Waals surface area contributed by atoms with Crippen LogP contribution in [0.4, 0.5) is 11.8 Å². The molecule has 1 amide bonds. The molecule has 2 N–H and O–H groups in total. The van der Waals surface area contributed by atoms with Crippen LogP contribution >= 0.6 is 23.1 Å². The number of piperazine rings is 1. The number of nitrogen functional groups attached to an aromatic ring is 1. The predicted octanol–water partition coefficient (Wildman–Crippen LogP) is 1.63. The molecule has 0 bridgehead atoms. The molecule has 194 valence electrons. The summed E-state index contributed by atoms with van der Waals surface area (Å²) in [7, 11) is 0. The van der Waals surface area contributed by atoms with E-state index >= 15 is 0 Å². The van der Waals surface area contributed by atoms with Gasteiger partial charge < -0.3 is 20.3 Å². The van der Waals surface area contributed by atoms with Gasteiger partial charge in [0.25, 0.3) is 0 Å². The summed E-state index contributed by atoms with van der Waals surface area (Å²) in [5, 5.41) is -0.0622. The SMILES string of the molecule is Nc1ncc(-c2nc(N3CCOCC3)c3sc(CN4CCN(C(=O)C5CCC(=O)S5)CC4)cc3n2)cn1. The highest BCUT2D eigenvalue weighted by Crippen LogP contribution is 2.35. The Morgan fingerprint density at radius 2 is 1.84 bits per heavy atom. The molecule has 0 spiro atoms. The molecule has 3 aromatic heterocycles. The van der Waals surface area contributed by atoms with Gasteiger partial charge in [0.05, 0.1) is 34.2 Å². The third-order valence-electron chi connectivity index (χ3n) is 6.87. The van der Waals surface area contributed by atoms with Gasteiger partial charge in [-0.1, -0.05) is 11.8 Å². The molecule has 0 aliphatic carbocycles. The molecule has 6 heterocycles. The van der Waals surface area contributed by atoms with E-state index in [1.54, 1.807) is 23.7 Å². The lowest BCUT2D eigenvalue weighted by molar-refractivity contribution is -0.132. The van der Waals surface area contributed by atoms with Gasteiger partial charge in [0.15, 0.2) is 16.8 Å². The highest BCUT2D eigenvalue weighted by molar-refractivity contribution is 8.15. The average molecular weight is 541 g/mol. The number of fused-ring (bicyclic) bond motifs is 1. The molecule has 3 fully saturated rings. The Morgan fingerprint density at radius 3 is 2.54 bits per heavy atom. The van der Waals surface area contributed by atoms with Crippen LogP contribution in [0.15, 0.2) is 18.5 Å². The van der Waals surface area contributed by atoms with E-state index in [2.05, 4.69) is 25.8 Å². The molecule has 1 atom stereocenters. The fourth-order valence-corrected chi connectivity index (χ4v) is 7.06. The van der Waals surface area contributed by atoms with Crippen molar-refractivity contribution in [2.75, 3.05) is 63.1 Å². The summed E-state index contributed by atoms with van der Waals surface area (Å²) in [5.41, 5.74) is 7.30. The third-order valence-corrected chi connectivity index (χ3v) is 9.16. The van der Waals surface area contributed by atoms with E-state index in [0.717, 1.165) is 54.3 Å². The quantitative estimate of drug-likeness (QED) is 0.507. The van der Waals surface area contributed by atoms with Gasteiger partial charge in [0.1, 0.15) is 0 Å². The van der Waals surface area contributed by atoms with Crippen LogP contribution in [0.2, 0.25) is 0 Å². The number of thiophene rings is 1. The van der Waals surface area contributed by atoms with Crippen molar-refractivity contribution in [3.05, 3.63) is 23.3 Å². The molecule has 11 nitrogen and oxygen atoms in total. The monoisotopic (exact) mass is 540 g/mol. The lowest BCUT2D eigenvalue weighted by Gasteiger charge is -2.35. The van der Waals surface area contributed by atoms with Gasteiger partial charge in [-0.05, 0) is 12.5 Å². The molecule has 37 heavy (non-hydrogen) atoms. The standard InChI is InChI=1S/C24H28N8O3S2/c25-24-26-12-15(13-27-24)21-28-17-11-16(36-20(17)22(29-21)31-7-9-35-10-8-31)14-30-3-5-32(6-4-30)23(34)18-1-2-19(33)37-18/h11-13,18H,1-10,14H2,(H2,25,26,27). The summed E-state index contributed by atoms with van der Waals surface area (Å²) in [6.45, 7) is 6.67. The number of nitrogens with zero attached hydrogens (tertiary/aromatic N) is 7. The summed E-state index contributed by atoms with van der Waals surface area (Å²) < 4.78 is 6.63. The predicted molar refractivity (Wildman–Crippen MR) is 143 cm³/mol. The second-order valence-electron chi connectivity index (χ2n) is 9.35. The molecule has 0 radical (unpaired) electrons. The number of aromatic nitrogens is 4. The van der Waals surface area contributed by atoms with Crippen molar-refractivity contribution in [1.82, 2.24) is 29.7 Å². The van der Waals surface area contributed by atoms with Crippen molar-refractivity contribution < 1.29 is 14.3 Å². The summed E-state index contributed by atoms with van der Waals surface area (Å²) in [5.74, 6) is 1.82. The first-order valence-electron chi connectivity index (χ1n) is 12.4. The minimum absolute atomic E-state index is 0.113. The number of hydrogen-bond donors (Lipinski definition) is 1. The van der Waals surface area contributed by atoms with Crippen molar-refractivity contribution in [2.45, 2.75) is 24.6 Å². The van der Waals surface area contributed by atoms with Crippen LogP contribution in [0.5, 0.6) is 0 Å².